The molecule has 0 amide bonds. The van der Waals surface area contributed by atoms with E-state index in [0.29, 0.717) is 6.42 Å². The van der Waals surface area contributed by atoms with Crippen LogP contribution in [0.25, 0.3) is 0 Å². The van der Waals surface area contributed by atoms with Gasteiger partial charge in [0.1, 0.15) is 6.10 Å². The van der Waals surface area contributed by atoms with Crippen LogP contribution in [0, 0.1) is 0 Å². The number of carbonyl (C=O) groups is 1. The smallest absolute Gasteiger partial charge is 0.308 e. The molecule has 3 nitrogen and oxygen atoms in total. The van der Waals surface area contributed by atoms with Gasteiger partial charge in [0, 0.05) is 6.42 Å². The van der Waals surface area contributed by atoms with E-state index in [4.69, 9.17) is 4.74 Å². The van der Waals surface area contributed by atoms with Gasteiger partial charge in [0.2, 0.25) is 0 Å². The Kier molecular flexibility index (Phi) is 3.57. The van der Waals surface area contributed by atoms with E-state index in [2.05, 4.69) is 12.1 Å². The van der Waals surface area contributed by atoms with Crippen molar-refractivity contribution in [2.24, 2.45) is 0 Å². The van der Waals surface area contributed by atoms with Crippen molar-refractivity contribution in [1.29, 1.82) is 0 Å². The summed E-state index contributed by atoms with van der Waals surface area (Å²) in [5, 5.41) is 9.45. The van der Waals surface area contributed by atoms with Crippen LogP contribution in [0.1, 0.15) is 24.8 Å². The molecular weight excluding hydrogens is 204 g/mol. The van der Waals surface area contributed by atoms with Gasteiger partial charge < -0.3 is 9.84 Å². The third-order valence-corrected chi connectivity index (χ3v) is 2.83. The molecule has 1 N–H and O–H groups in total. The topological polar surface area (TPSA) is 46.5 Å². The average Bonchev–Trinajstić information content (AvgIpc) is 2.27. The normalized spacial score (nSPS) is 25.2. The molecule has 1 aliphatic heterocycles. The molecule has 1 heterocycles. The lowest BCUT2D eigenvalue weighted by Crippen LogP contribution is -2.32. The Labute approximate surface area is 95.0 Å². The van der Waals surface area contributed by atoms with Crippen molar-refractivity contribution >= 4 is 5.97 Å². The zero-order valence-corrected chi connectivity index (χ0v) is 9.13. The van der Waals surface area contributed by atoms with Gasteiger partial charge in [-0.15, -0.1) is 0 Å². The Bertz CT molecular complexity index is 347. The van der Waals surface area contributed by atoms with Crippen LogP contribution in [-0.2, 0) is 16.0 Å². The van der Waals surface area contributed by atoms with E-state index < -0.39 is 6.10 Å². The maximum Gasteiger partial charge on any atom is 0.308 e. The molecule has 0 spiro atoms. The quantitative estimate of drug-likeness (QED) is 0.788. The SMILES string of the molecule is O=C1CC(O)CC(CCc2ccccc2)O1. The van der Waals surface area contributed by atoms with Crippen LogP contribution in [0.4, 0.5) is 0 Å². The lowest BCUT2D eigenvalue weighted by Gasteiger charge is -2.25. The maximum atomic E-state index is 11.1. The van der Waals surface area contributed by atoms with Gasteiger partial charge in [0.05, 0.1) is 12.5 Å². The fraction of sp³-hybridized carbons (Fsp3) is 0.462. The Morgan fingerprint density at radius 2 is 2.06 bits per heavy atom. The first-order chi connectivity index (χ1) is 7.74. The minimum atomic E-state index is -0.526. The Hall–Kier alpha value is -1.35. The average molecular weight is 220 g/mol. The van der Waals surface area contributed by atoms with E-state index in [9.17, 15) is 9.90 Å². The molecule has 0 aromatic heterocycles. The lowest BCUT2D eigenvalue weighted by atomic mass is 9.99. The highest BCUT2D eigenvalue weighted by Crippen LogP contribution is 2.19. The molecule has 0 bridgehead atoms. The maximum absolute atomic E-state index is 11.1. The van der Waals surface area contributed by atoms with E-state index in [0.717, 1.165) is 12.8 Å². The number of benzene rings is 1. The minimum Gasteiger partial charge on any atom is -0.462 e. The number of cyclic esters (lactones) is 1. The highest BCUT2D eigenvalue weighted by molar-refractivity contribution is 5.70. The van der Waals surface area contributed by atoms with Gasteiger partial charge in [-0.25, -0.2) is 0 Å². The Morgan fingerprint density at radius 3 is 2.75 bits per heavy atom. The third-order valence-electron chi connectivity index (χ3n) is 2.83. The fourth-order valence-electron chi connectivity index (χ4n) is 2.01. The summed E-state index contributed by atoms with van der Waals surface area (Å²) in [4.78, 5) is 11.1. The summed E-state index contributed by atoms with van der Waals surface area (Å²) in [6.07, 6.45) is 1.72. The summed E-state index contributed by atoms with van der Waals surface area (Å²) in [5.41, 5.74) is 1.23. The zero-order valence-electron chi connectivity index (χ0n) is 9.13. The molecule has 0 radical (unpaired) electrons. The highest BCUT2D eigenvalue weighted by atomic mass is 16.5. The van der Waals surface area contributed by atoms with Gasteiger partial charge in [-0.05, 0) is 18.4 Å². The van der Waals surface area contributed by atoms with Gasteiger partial charge in [0.15, 0.2) is 0 Å². The first-order valence-corrected chi connectivity index (χ1v) is 5.65. The summed E-state index contributed by atoms with van der Waals surface area (Å²) in [6, 6.07) is 10.1. The van der Waals surface area contributed by atoms with Crippen LogP contribution >= 0.6 is 0 Å². The van der Waals surface area contributed by atoms with E-state index in [-0.39, 0.29) is 18.5 Å². The number of aliphatic hydroxyl groups is 1. The standard InChI is InChI=1S/C13H16O3/c14-11-8-12(16-13(15)9-11)7-6-10-4-2-1-3-5-10/h1-5,11-12,14H,6-9H2. The van der Waals surface area contributed by atoms with Crippen molar-refractivity contribution in [3.63, 3.8) is 0 Å². The molecule has 1 fully saturated rings. The molecule has 1 aromatic carbocycles. The van der Waals surface area contributed by atoms with Crippen molar-refractivity contribution in [3.05, 3.63) is 35.9 Å². The number of aryl methyl sites for hydroxylation is 1. The molecule has 2 atom stereocenters. The number of carbonyl (C=O) groups excluding carboxylic acids is 1. The highest BCUT2D eigenvalue weighted by Gasteiger charge is 2.26. The van der Waals surface area contributed by atoms with Crippen LogP contribution in [0.5, 0.6) is 0 Å². The Morgan fingerprint density at radius 1 is 1.31 bits per heavy atom. The molecule has 1 aromatic rings. The molecule has 0 saturated carbocycles. The molecule has 3 heteroatoms. The van der Waals surface area contributed by atoms with Gasteiger partial charge in [0.25, 0.3) is 0 Å². The second kappa shape index (κ2) is 5.12. The molecule has 1 saturated heterocycles. The first kappa shape index (κ1) is 11.1. The van der Waals surface area contributed by atoms with E-state index in [1.165, 1.54) is 5.56 Å². The van der Waals surface area contributed by atoms with E-state index >= 15 is 0 Å². The van der Waals surface area contributed by atoms with Crippen molar-refractivity contribution in [2.75, 3.05) is 0 Å². The molecule has 86 valence electrons. The summed E-state index contributed by atoms with van der Waals surface area (Å²) >= 11 is 0. The molecule has 2 rings (SSSR count). The van der Waals surface area contributed by atoms with Gasteiger partial charge in [-0.1, -0.05) is 30.3 Å². The largest absolute Gasteiger partial charge is 0.462 e. The predicted octanol–water partition coefficient (Wildman–Crippen LogP) is 1.69. The van der Waals surface area contributed by atoms with Crippen molar-refractivity contribution in [3.8, 4) is 0 Å². The van der Waals surface area contributed by atoms with Crippen LogP contribution < -0.4 is 0 Å². The molecular formula is C13H16O3. The van der Waals surface area contributed by atoms with Crippen LogP contribution in [-0.4, -0.2) is 23.3 Å². The number of esters is 1. The minimum absolute atomic E-state index is 0.128. The Balaban J connectivity index is 1.84. The second-order valence-electron chi connectivity index (χ2n) is 4.23. The van der Waals surface area contributed by atoms with Crippen molar-refractivity contribution in [1.82, 2.24) is 0 Å². The molecule has 1 aliphatic rings. The summed E-state index contributed by atoms with van der Waals surface area (Å²) in [5.74, 6) is -0.281. The van der Waals surface area contributed by atoms with Crippen molar-refractivity contribution < 1.29 is 14.6 Å². The number of aliphatic hydroxyl groups excluding tert-OH is 1. The van der Waals surface area contributed by atoms with Gasteiger partial charge >= 0.3 is 5.97 Å². The number of ether oxygens (including phenoxy) is 1. The van der Waals surface area contributed by atoms with Gasteiger partial charge in [-0.3, -0.25) is 4.79 Å². The number of rotatable bonds is 3. The van der Waals surface area contributed by atoms with Crippen LogP contribution in [0.15, 0.2) is 30.3 Å². The first-order valence-electron chi connectivity index (χ1n) is 5.65. The predicted molar refractivity (Wildman–Crippen MR) is 59.9 cm³/mol. The lowest BCUT2D eigenvalue weighted by molar-refractivity contribution is -0.160. The summed E-state index contributed by atoms with van der Waals surface area (Å²) in [7, 11) is 0. The fourth-order valence-corrected chi connectivity index (χ4v) is 2.01. The molecule has 0 aliphatic carbocycles. The zero-order chi connectivity index (χ0) is 11.4. The van der Waals surface area contributed by atoms with Crippen LogP contribution in [0.3, 0.4) is 0 Å². The van der Waals surface area contributed by atoms with Crippen LogP contribution in [0.2, 0.25) is 0 Å². The third kappa shape index (κ3) is 3.07. The molecule has 2 unspecified atom stereocenters. The molecule has 16 heavy (non-hydrogen) atoms. The summed E-state index contributed by atoms with van der Waals surface area (Å²) < 4.78 is 5.18. The number of hydrogen-bond acceptors (Lipinski definition) is 3. The van der Waals surface area contributed by atoms with Gasteiger partial charge in [-0.2, -0.15) is 0 Å². The number of hydrogen-bond donors (Lipinski definition) is 1. The monoisotopic (exact) mass is 220 g/mol. The summed E-state index contributed by atoms with van der Waals surface area (Å²) in [6.45, 7) is 0. The second-order valence-corrected chi connectivity index (χ2v) is 4.23. The van der Waals surface area contributed by atoms with E-state index in [1.807, 2.05) is 18.2 Å². The van der Waals surface area contributed by atoms with E-state index in [1.54, 1.807) is 0 Å². The van der Waals surface area contributed by atoms with Crippen molar-refractivity contribution in [2.45, 2.75) is 37.9 Å².